The third-order valence-corrected chi connectivity index (χ3v) is 3.34. The number of hydrogen-bond acceptors (Lipinski definition) is 5. The van der Waals surface area contributed by atoms with E-state index in [-0.39, 0.29) is 5.91 Å². The lowest BCUT2D eigenvalue weighted by atomic mass is 10.2. The maximum absolute atomic E-state index is 12.0. The molecule has 2 aromatic rings. The number of aryl methyl sites for hydroxylation is 1. The van der Waals surface area contributed by atoms with E-state index < -0.39 is 6.09 Å². The summed E-state index contributed by atoms with van der Waals surface area (Å²) in [5, 5.41) is 5.84. The smallest absolute Gasteiger partial charge is 0.411 e. The van der Waals surface area contributed by atoms with Crippen molar-refractivity contribution in [1.82, 2.24) is 4.98 Å². The van der Waals surface area contributed by atoms with E-state index in [4.69, 9.17) is 4.74 Å². The molecule has 0 aliphatic heterocycles. The van der Waals surface area contributed by atoms with Crippen LogP contribution in [-0.4, -0.2) is 23.6 Å². The molecule has 0 saturated carbocycles. The average Bonchev–Trinajstić information content (AvgIpc) is 2.85. The Bertz CT molecular complexity index is 637. The molecule has 1 aromatic carbocycles. The summed E-state index contributed by atoms with van der Waals surface area (Å²) in [5.41, 5.74) is 1.05. The van der Waals surface area contributed by atoms with Crippen molar-refractivity contribution in [3.8, 4) is 0 Å². The van der Waals surface area contributed by atoms with E-state index in [0.29, 0.717) is 23.0 Å². The van der Waals surface area contributed by atoms with Crippen LogP contribution in [0.2, 0.25) is 0 Å². The SMILES string of the molecule is CCOC(=O)Nc1ccc(C(=O)Nc2ncc(C)s2)cc1. The number of nitrogens with one attached hydrogen (secondary N) is 2. The van der Waals surface area contributed by atoms with Crippen LogP contribution in [0.4, 0.5) is 15.6 Å². The van der Waals surface area contributed by atoms with Gasteiger partial charge in [0.2, 0.25) is 0 Å². The van der Waals surface area contributed by atoms with Crippen LogP contribution in [0.1, 0.15) is 22.2 Å². The van der Waals surface area contributed by atoms with Crippen LogP contribution in [0.5, 0.6) is 0 Å². The molecule has 0 aliphatic carbocycles. The molecule has 0 spiro atoms. The molecule has 0 saturated heterocycles. The molecule has 2 rings (SSSR count). The number of ether oxygens (including phenoxy) is 1. The highest BCUT2D eigenvalue weighted by Crippen LogP contribution is 2.18. The summed E-state index contributed by atoms with van der Waals surface area (Å²) >= 11 is 1.41. The second kappa shape index (κ2) is 6.85. The Morgan fingerprint density at radius 3 is 2.52 bits per heavy atom. The Kier molecular flexibility index (Phi) is 4.89. The van der Waals surface area contributed by atoms with Crippen LogP contribution in [0.25, 0.3) is 0 Å². The summed E-state index contributed by atoms with van der Waals surface area (Å²) in [4.78, 5) is 28.4. The second-order valence-electron chi connectivity index (χ2n) is 4.15. The lowest BCUT2D eigenvalue weighted by molar-refractivity contribution is 0.102. The summed E-state index contributed by atoms with van der Waals surface area (Å²) in [7, 11) is 0. The molecule has 1 aromatic heterocycles. The molecular formula is C14H15N3O3S. The monoisotopic (exact) mass is 305 g/mol. The number of aromatic nitrogens is 1. The largest absolute Gasteiger partial charge is 0.450 e. The van der Waals surface area contributed by atoms with Crippen LogP contribution in [0.3, 0.4) is 0 Å². The lowest BCUT2D eigenvalue weighted by Crippen LogP contribution is -2.14. The third kappa shape index (κ3) is 4.28. The van der Waals surface area contributed by atoms with Gasteiger partial charge in [-0.15, -0.1) is 11.3 Å². The van der Waals surface area contributed by atoms with E-state index in [9.17, 15) is 9.59 Å². The van der Waals surface area contributed by atoms with Crippen LogP contribution < -0.4 is 10.6 Å². The maximum atomic E-state index is 12.0. The van der Waals surface area contributed by atoms with Gasteiger partial charge in [-0.05, 0) is 38.1 Å². The zero-order valence-corrected chi connectivity index (χ0v) is 12.5. The minimum atomic E-state index is -0.520. The first-order valence-electron chi connectivity index (χ1n) is 6.36. The van der Waals surface area contributed by atoms with E-state index in [0.717, 1.165) is 4.88 Å². The van der Waals surface area contributed by atoms with Crippen molar-refractivity contribution in [3.63, 3.8) is 0 Å². The van der Waals surface area contributed by atoms with Crippen LogP contribution in [0, 0.1) is 6.92 Å². The summed E-state index contributed by atoms with van der Waals surface area (Å²) in [6.45, 7) is 3.95. The number of benzene rings is 1. The van der Waals surface area contributed by atoms with E-state index in [1.54, 1.807) is 37.4 Å². The van der Waals surface area contributed by atoms with Crippen molar-refractivity contribution in [2.75, 3.05) is 17.2 Å². The number of rotatable bonds is 4. The fourth-order valence-electron chi connectivity index (χ4n) is 1.57. The number of hydrogen-bond donors (Lipinski definition) is 2. The molecule has 21 heavy (non-hydrogen) atoms. The fraction of sp³-hybridized carbons (Fsp3) is 0.214. The number of anilines is 2. The molecule has 0 bridgehead atoms. The molecule has 1 heterocycles. The summed E-state index contributed by atoms with van der Waals surface area (Å²) in [6, 6.07) is 6.52. The highest BCUT2D eigenvalue weighted by Gasteiger charge is 2.09. The van der Waals surface area contributed by atoms with Crippen LogP contribution in [0.15, 0.2) is 30.5 Å². The quantitative estimate of drug-likeness (QED) is 0.908. The van der Waals surface area contributed by atoms with Gasteiger partial charge in [0.05, 0.1) is 6.61 Å². The lowest BCUT2D eigenvalue weighted by Gasteiger charge is -2.06. The zero-order valence-electron chi connectivity index (χ0n) is 11.7. The highest BCUT2D eigenvalue weighted by molar-refractivity contribution is 7.15. The first-order chi connectivity index (χ1) is 10.1. The molecule has 2 amide bonds. The van der Waals surface area contributed by atoms with Gasteiger partial charge in [-0.25, -0.2) is 9.78 Å². The highest BCUT2D eigenvalue weighted by atomic mass is 32.1. The number of carbonyl (C=O) groups is 2. The number of thiazole rings is 1. The summed E-state index contributed by atoms with van der Waals surface area (Å²) in [5.74, 6) is -0.243. The van der Waals surface area contributed by atoms with Crippen molar-refractivity contribution < 1.29 is 14.3 Å². The Morgan fingerprint density at radius 1 is 1.24 bits per heavy atom. The Balaban J connectivity index is 1.98. The van der Waals surface area contributed by atoms with Crippen LogP contribution >= 0.6 is 11.3 Å². The van der Waals surface area contributed by atoms with Gasteiger partial charge in [0.1, 0.15) is 0 Å². The Hall–Kier alpha value is -2.41. The maximum Gasteiger partial charge on any atom is 0.411 e. The predicted octanol–water partition coefficient (Wildman–Crippen LogP) is 3.27. The summed E-state index contributed by atoms with van der Waals surface area (Å²) in [6.07, 6.45) is 1.18. The average molecular weight is 305 g/mol. The number of amides is 2. The molecule has 0 fully saturated rings. The van der Waals surface area contributed by atoms with Crippen molar-refractivity contribution >= 4 is 34.2 Å². The third-order valence-electron chi connectivity index (χ3n) is 2.51. The van der Waals surface area contributed by atoms with Gasteiger partial charge in [-0.3, -0.25) is 15.4 Å². The molecule has 110 valence electrons. The van der Waals surface area contributed by atoms with Gasteiger partial charge in [0.25, 0.3) is 5.91 Å². The normalized spacial score (nSPS) is 10.0. The van der Waals surface area contributed by atoms with Gasteiger partial charge in [-0.2, -0.15) is 0 Å². The van der Waals surface area contributed by atoms with Gasteiger partial charge < -0.3 is 4.74 Å². The summed E-state index contributed by atoms with van der Waals surface area (Å²) < 4.78 is 4.77. The van der Waals surface area contributed by atoms with E-state index >= 15 is 0 Å². The van der Waals surface area contributed by atoms with E-state index in [2.05, 4.69) is 15.6 Å². The molecule has 7 heteroatoms. The number of carbonyl (C=O) groups excluding carboxylic acids is 2. The standard InChI is InChI=1S/C14H15N3O3S/c1-3-20-14(19)16-11-6-4-10(5-7-11)12(18)17-13-15-8-9(2)21-13/h4-8H,3H2,1-2H3,(H,16,19)(H,15,17,18). The molecule has 6 nitrogen and oxygen atoms in total. The molecular weight excluding hydrogens is 290 g/mol. The van der Waals surface area contributed by atoms with Gasteiger partial charge in [0.15, 0.2) is 5.13 Å². The molecule has 0 unspecified atom stereocenters. The number of nitrogens with zero attached hydrogens (tertiary/aromatic N) is 1. The topological polar surface area (TPSA) is 80.3 Å². The van der Waals surface area contributed by atoms with E-state index in [1.165, 1.54) is 11.3 Å². The van der Waals surface area contributed by atoms with Crippen molar-refractivity contribution in [3.05, 3.63) is 40.9 Å². The fourth-order valence-corrected chi connectivity index (χ4v) is 2.23. The minimum absolute atomic E-state index is 0.243. The van der Waals surface area contributed by atoms with Crippen LogP contribution in [-0.2, 0) is 4.74 Å². The van der Waals surface area contributed by atoms with Gasteiger partial charge in [-0.1, -0.05) is 0 Å². The zero-order chi connectivity index (χ0) is 15.2. The van der Waals surface area contributed by atoms with E-state index in [1.807, 2.05) is 6.92 Å². The molecule has 0 aliphatic rings. The minimum Gasteiger partial charge on any atom is -0.450 e. The van der Waals surface area contributed by atoms with Crippen molar-refractivity contribution in [2.24, 2.45) is 0 Å². The first kappa shape index (κ1) is 15.0. The molecule has 2 N–H and O–H groups in total. The van der Waals surface area contributed by atoms with Gasteiger partial charge in [0, 0.05) is 22.3 Å². The van der Waals surface area contributed by atoms with Gasteiger partial charge >= 0.3 is 6.09 Å². The predicted molar refractivity (Wildman–Crippen MR) is 81.9 cm³/mol. The Labute approximate surface area is 126 Å². The van der Waals surface area contributed by atoms with Crippen molar-refractivity contribution in [2.45, 2.75) is 13.8 Å². The van der Waals surface area contributed by atoms with Crippen molar-refractivity contribution in [1.29, 1.82) is 0 Å². The Morgan fingerprint density at radius 2 is 1.95 bits per heavy atom. The molecule has 0 atom stereocenters. The molecule has 0 radical (unpaired) electrons. The second-order valence-corrected chi connectivity index (χ2v) is 5.39. The first-order valence-corrected chi connectivity index (χ1v) is 7.17.